The van der Waals surface area contributed by atoms with Crippen LogP contribution >= 0.6 is 0 Å². The van der Waals surface area contributed by atoms with E-state index < -0.39 is 0 Å². The van der Waals surface area contributed by atoms with Crippen molar-refractivity contribution in [3.05, 3.63) is 0 Å². The molecule has 0 aromatic heterocycles. The van der Waals surface area contributed by atoms with E-state index in [0.717, 1.165) is 38.6 Å². The molecule has 0 amide bonds. The molecule has 1 rings (SSSR count). The Labute approximate surface area is 74.9 Å². The first kappa shape index (κ1) is 9.36. The number of aliphatic imine (C=N–C) groups is 1. The fourth-order valence-electron chi connectivity index (χ4n) is 1.36. The molecule has 0 bridgehead atoms. The number of nitrogens with one attached hydrogen (secondary N) is 1. The third-order valence-corrected chi connectivity index (χ3v) is 2.06. The van der Waals surface area contributed by atoms with Crippen molar-refractivity contribution in [2.75, 3.05) is 26.2 Å². The van der Waals surface area contributed by atoms with E-state index in [4.69, 9.17) is 0 Å². The lowest BCUT2D eigenvalue weighted by molar-refractivity contribution is 0.396. The third kappa shape index (κ3) is 2.40. The minimum Gasteiger partial charge on any atom is -0.356 e. The van der Waals surface area contributed by atoms with Crippen LogP contribution in [-0.2, 0) is 0 Å². The minimum absolute atomic E-state index is 0.989. The lowest BCUT2D eigenvalue weighted by Gasteiger charge is -2.28. The van der Waals surface area contributed by atoms with Gasteiger partial charge < -0.3 is 10.2 Å². The number of guanidine groups is 1. The van der Waals surface area contributed by atoms with E-state index in [1.807, 2.05) is 0 Å². The Balaban J connectivity index is 2.40. The molecule has 1 aliphatic heterocycles. The highest BCUT2D eigenvalue weighted by Crippen LogP contribution is 2.00. The molecule has 0 atom stereocenters. The zero-order valence-electron chi connectivity index (χ0n) is 8.14. The SMILES string of the molecule is CCCNC1=NCCCN1CC. The van der Waals surface area contributed by atoms with Crippen molar-refractivity contribution in [2.24, 2.45) is 4.99 Å². The molecule has 12 heavy (non-hydrogen) atoms. The Morgan fingerprint density at radius 3 is 3.00 bits per heavy atom. The van der Waals surface area contributed by atoms with Gasteiger partial charge in [0, 0.05) is 26.2 Å². The molecule has 0 aromatic carbocycles. The van der Waals surface area contributed by atoms with E-state index >= 15 is 0 Å². The van der Waals surface area contributed by atoms with Gasteiger partial charge in [0.1, 0.15) is 0 Å². The van der Waals surface area contributed by atoms with Gasteiger partial charge in [-0.25, -0.2) is 0 Å². The number of nitrogens with zero attached hydrogens (tertiary/aromatic N) is 2. The summed E-state index contributed by atoms with van der Waals surface area (Å²) in [5, 5.41) is 3.35. The summed E-state index contributed by atoms with van der Waals surface area (Å²) in [5.74, 6) is 1.10. The standard InChI is InChI=1S/C9H19N3/c1-3-6-10-9-11-7-5-8-12(9)4-2/h3-8H2,1-2H3,(H,10,11). The van der Waals surface area contributed by atoms with Crippen LogP contribution in [0.15, 0.2) is 4.99 Å². The van der Waals surface area contributed by atoms with Gasteiger partial charge in [-0.15, -0.1) is 0 Å². The highest BCUT2D eigenvalue weighted by Gasteiger charge is 2.11. The fourth-order valence-corrected chi connectivity index (χ4v) is 1.36. The van der Waals surface area contributed by atoms with Crippen molar-refractivity contribution < 1.29 is 0 Å². The van der Waals surface area contributed by atoms with Crippen LogP contribution < -0.4 is 5.32 Å². The van der Waals surface area contributed by atoms with Crippen LogP contribution in [0.4, 0.5) is 0 Å². The Morgan fingerprint density at radius 1 is 1.50 bits per heavy atom. The summed E-state index contributed by atoms with van der Waals surface area (Å²) >= 11 is 0. The molecule has 0 unspecified atom stereocenters. The number of hydrogen-bond donors (Lipinski definition) is 1. The first-order valence-corrected chi connectivity index (χ1v) is 4.91. The van der Waals surface area contributed by atoms with Gasteiger partial charge in [-0.1, -0.05) is 6.92 Å². The second kappa shape index (κ2) is 5.01. The maximum absolute atomic E-state index is 4.45. The van der Waals surface area contributed by atoms with Gasteiger partial charge in [0.2, 0.25) is 0 Å². The molecule has 1 N–H and O–H groups in total. The smallest absolute Gasteiger partial charge is 0.193 e. The fraction of sp³-hybridized carbons (Fsp3) is 0.889. The van der Waals surface area contributed by atoms with Crippen LogP contribution in [0.2, 0.25) is 0 Å². The average molecular weight is 169 g/mol. The van der Waals surface area contributed by atoms with Crippen LogP contribution in [0.1, 0.15) is 26.7 Å². The van der Waals surface area contributed by atoms with Crippen molar-refractivity contribution in [1.29, 1.82) is 0 Å². The predicted molar refractivity (Wildman–Crippen MR) is 52.5 cm³/mol. The van der Waals surface area contributed by atoms with E-state index in [1.54, 1.807) is 0 Å². The summed E-state index contributed by atoms with van der Waals surface area (Å²) in [5.41, 5.74) is 0. The molecule has 0 aromatic rings. The van der Waals surface area contributed by atoms with E-state index in [2.05, 4.69) is 29.1 Å². The Bertz CT molecular complexity index is 154. The lowest BCUT2D eigenvalue weighted by Crippen LogP contribution is -2.44. The molecule has 1 aliphatic rings. The Morgan fingerprint density at radius 2 is 2.33 bits per heavy atom. The summed E-state index contributed by atoms with van der Waals surface area (Å²) in [6.45, 7) is 8.60. The molecule has 0 saturated carbocycles. The molecule has 3 heteroatoms. The highest BCUT2D eigenvalue weighted by molar-refractivity contribution is 5.80. The van der Waals surface area contributed by atoms with E-state index in [-0.39, 0.29) is 0 Å². The molecule has 0 fully saturated rings. The van der Waals surface area contributed by atoms with Gasteiger partial charge >= 0.3 is 0 Å². The van der Waals surface area contributed by atoms with Gasteiger partial charge in [0.25, 0.3) is 0 Å². The van der Waals surface area contributed by atoms with Gasteiger partial charge in [-0.2, -0.15) is 0 Å². The van der Waals surface area contributed by atoms with Crippen LogP contribution in [0.25, 0.3) is 0 Å². The monoisotopic (exact) mass is 169 g/mol. The summed E-state index contributed by atoms with van der Waals surface area (Å²) in [4.78, 5) is 6.76. The maximum atomic E-state index is 4.45. The summed E-state index contributed by atoms with van der Waals surface area (Å²) in [6, 6.07) is 0. The van der Waals surface area contributed by atoms with Gasteiger partial charge in [-0.3, -0.25) is 4.99 Å². The largest absolute Gasteiger partial charge is 0.356 e. The normalized spacial score (nSPS) is 17.5. The van der Waals surface area contributed by atoms with E-state index in [9.17, 15) is 0 Å². The summed E-state index contributed by atoms with van der Waals surface area (Å²) in [7, 11) is 0. The van der Waals surface area contributed by atoms with Crippen molar-refractivity contribution in [3.8, 4) is 0 Å². The molecular weight excluding hydrogens is 150 g/mol. The Hall–Kier alpha value is -0.730. The number of hydrogen-bond acceptors (Lipinski definition) is 3. The van der Waals surface area contributed by atoms with Crippen LogP contribution in [0.5, 0.6) is 0 Å². The minimum atomic E-state index is 0.989. The van der Waals surface area contributed by atoms with Gasteiger partial charge in [0.15, 0.2) is 5.96 Å². The molecular formula is C9H19N3. The molecule has 0 spiro atoms. The maximum Gasteiger partial charge on any atom is 0.193 e. The second-order valence-electron chi connectivity index (χ2n) is 3.07. The van der Waals surface area contributed by atoms with Gasteiger partial charge in [0.05, 0.1) is 0 Å². The van der Waals surface area contributed by atoms with Crippen LogP contribution in [0, 0.1) is 0 Å². The van der Waals surface area contributed by atoms with Gasteiger partial charge in [-0.05, 0) is 19.8 Å². The predicted octanol–water partition coefficient (Wildman–Crippen LogP) is 1.07. The Kier molecular flexibility index (Phi) is 3.91. The zero-order valence-corrected chi connectivity index (χ0v) is 8.14. The highest BCUT2D eigenvalue weighted by atomic mass is 15.3. The molecule has 70 valence electrons. The van der Waals surface area contributed by atoms with E-state index in [1.165, 1.54) is 6.42 Å². The van der Waals surface area contributed by atoms with Crippen molar-refractivity contribution >= 4 is 5.96 Å². The lowest BCUT2D eigenvalue weighted by atomic mass is 10.3. The molecule has 0 saturated heterocycles. The first-order chi connectivity index (χ1) is 5.88. The molecule has 3 nitrogen and oxygen atoms in total. The van der Waals surface area contributed by atoms with Crippen molar-refractivity contribution in [1.82, 2.24) is 10.2 Å². The van der Waals surface area contributed by atoms with Crippen LogP contribution in [-0.4, -0.2) is 37.0 Å². The molecule has 1 heterocycles. The zero-order chi connectivity index (χ0) is 8.81. The topological polar surface area (TPSA) is 27.6 Å². The summed E-state index contributed by atoms with van der Waals surface area (Å²) in [6.07, 6.45) is 2.36. The first-order valence-electron chi connectivity index (χ1n) is 4.91. The van der Waals surface area contributed by atoms with Crippen molar-refractivity contribution in [3.63, 3.8) is 0 Å². The van der Waals surface area contributed by atoms with Crippen LogP contribution in [0.3, 0.4) is 0 Å². The summed E-state index contributed by atoms with van der Waals surface area (Å²) < 4.78 is 0. The van der Waals surface area contributed by atoms with Crippen molar-refractivity contribution in [2.45, 2.75) is 26.7 Å². The molecule has 0 aliphatic carbocycles. The average Bonchev–Trinajstić information content (AvgIpc) is 2.15. The number of rotatable bonds is 3. The quantitative estimate of drug-likeness (QED) is 0.684. The van der Waals surface area contributed by atoms with E-state index in [0.29, 0.717) is 0 Å². The molecule has 0 radical (unpaired) electrons. The third-order valence-electron chi connectivity index (χ3n) is 2.06. The second-order valence-corrected chi connectivity index (χ2v) is 3.07.